The Morgan fingerprint density at radius 3 is 2.50 bits per heavy atom. The first-order chi connectivity index (χ1) is 8.54. The summed E-state index contributed by atoms with van der Waals surface area (Å²) in [5.74, 6) is -0.211. The van der Waals surface area contributed by atoms with E-state index in [9.17, 15) is 4.79 Å². The number of rotatable bonds is 6. The van der Waals surface area contributed by atoms with Crippen LogP contribution in [0.5, 0.6) is 0 Å². The minimum absolute atomic E-state index is 0.0896. The normalized spacial score (nSPS) is 32.2. The Hall–Kier alpha value is -0.610. The summed E-state index contributed by atoms with van der Waals surface area (Å²) in [5, 5.41) is 0. The Kier molecular flexibility index (Phi) is 6.65. The van der Waals surface area contributed by atoms with Crippen molar-refractivity contribution in [2.24, 2.45) is 5.92 Å². The van der Waals surface area contributed by atoms with E-state index in [4.69, 9.17) is 14.2 Å². The van der Waals surface area contributed by atoms with Crippen LogP contribution in [0.3, 0.4) is 0 Å². The number of hydrogen-bond donors (Lipinski definition) is 0. The highest BCUT2D eigenvalue weighted by molar-refractivity contribution is 5.66. The van der Waals surface area contributed by atoms with E-state index in [0.29, 0.717) is 0 Å². The number of ether oxygens (including phenoxy) is 3. The van der Waals surface area contributed by atoms with Crippen LogP contribution < -0.4 is 0 Å². The maximum absolute atomic E-state index is 11.0. The van der Waals surface area contributed by atoms with E-state index in [-0.39, 0.29) is 24.3 Å². The molecule has 0 saturated carbocycles. The summed E-state index contributed by atoms with van der Waals surface area (Å²) in [5.41, 5.74) is 0. The summed E-state index contributed by atoms with van der Waals surface area (Å²) in [7, 11) is 0. The Morgan fingerprint density at radius 1 is 1.17 bits per heavy atom. The maximum Gasteiger partial charge on any atom is 0.304 e. The number of hydrogen-bond acceptors (Lipinski definition) is 4. The van der Waals surface area contributed by atoms with Gasteiger partial charge in [0, 0.05) is 12.8 Å². The molecule has 0 aromatic carbocycles. The molecule has 1 unspecified atom stereocenters. The molecule has 4 nitrogen and oxygen atoms in total. The lowest BCUT2D eigenvalue weighted by molar-refractivity contribution is -0.315. The third-order valence-corrected chi connectivity index (χ3v) is 3.33. The van der Waals surface area contributed by atoms with E-state index < -0.39 is 6.29 Å². The quantitative estimate of drug-likeness (QED) is 0.542. The fourth-order valence-electron chi connectivity index (χ4n) is 2.29. The average Bonchev–Trinajstić information content (AvgIpc) is 2.29. The highest BCUT2D eigenvalue weighted by atomic mass is 16.8. The zero-order valence-electron chi connectivity index (χ0n) is 12.0. The predicted octanol–water partition coefficient (Wildman–Crippen LogP) is 3.24. The Labute approximate surface area is 110 Å². The Balaban J connectivity index is 2.42. The first-order valence-corrected chi connectivity index (χ1v) is 7.02. The molecule has 1 aliphatic heterocycles. The molecule has 0 aromatic heterocycles. The summed E-state index contributed by atoms with van der Waals surface area (Å²) in [4.78, 5) is 11.0. The molecule has 0 bridgehead atoms. The molecule has 4 atom stereocenters. The summed E-state index contributed by atoms with van der Waals surface area (Å²) in [6, 6.07) is 0. The molecule has 0 amide bonds. The van der Waals surface area contributed by atoms with Crippen LogP contribution in [0.4, 0.5) is 0 Å². The molecule has 0 aliphatic carbocycles. The Morgan fingerprint density at radius 2 is 1.89 bits per heavy atom. The van der Waals surface area contributed by atoms with Gasteiger partial charge in [0.05, 0.1) is 6.10 Å². The van der Waals surface area contributed by atoms with Crippen LogP contribution in [0.2, 0.25) is 0 Å². The van der Waals surface area contributed by atoms with Gasteiger partial charge in [0.15, 0.2) is 6.29 Å². The Bertz CT molecular complexity index is 254. The molecule has 1 heterocycles. The van der Waals surface area contributed by atoms with Crippen molar-refractivity contribution in [3.05, 3.63) is 0 Å². The second-order valence-corrected chi connectivity index (χ2v) is 5.06. The van der Waals surface area contributed by atoms with Crippen LogP contribution in [-0.4, -0.2) is 24.7 Å². The van der Waals surface area contributed by atoms with Crippen molar-refractivity contribution >= 4 is 5.97 Å². The minimum Gasteiger partial charge on any atom is -0.435 e. The topological polar surface area (TPSA) is 44.8 Å². The van der Waals surface area contributed by atoms with Crippen molar-refractivity contribution in [3.63, 3.8) is 0 Å². The summed E-state index contributed by atoms with van der Waals surface area (Å²) in [6.45, 7) is 7.48. The van der Waals surface area contributed by atoms with Crippen LogP contribution in [0.15, 0.2) is 0 Å². The zero-order chi connectivity index (χ0) is 13.5. The molecule has 0 aromatic rings. The largest absolute Gasteiger partial charge is 0.435 e. The van der Waals surface area contributed by atoms with E-state index in [2.05, 4.69) is 6.92 Å². The predicted molar refractivity (Wildman–Crippen MR) is 68.9 cm³/mol. The maximum atomic E-state index is 11.0. The van der Waals surface area contributed by atoms with E-state index in [1.165, 1.54) is 26.2 Å². The lowest BCUT2D eigenvalue weighted by Crippen LogP contribution is -2.45. The van der Waals surface area contributed by atoms with Crippen molar-refractivity contribution in [1.82, 2.24) is 0 Å². The fraction of sp³-hybridized carbons (Fsp3) is 0.929. The highest BCUT2D eigenvalue weighted by Crippen LogP contribution is 2.28. The van der Waals surface area contributed by atoms with Crippen molar-refractivity contribution in [1.29, 1.82) is 0 Å². The van der Waals surface area contributed by atoms with Crippen LogP contribution in [0, 0.1) is 5.92 Å². The average molecular weight is 258 g/mol. The number of esters is 1. The number of unbranched alkanes of at least 4 members (excludes halogenated alkanes) is 3. The van der Waals surface area contributed by atoms with Gasteiger partial charge in [0.2, 0.25) is 6.29 Å². The molecule has 1 fully saturated rings. The van der Waals surface area contributed by atoms with Crippen molar-refractivity contribution < 1.29 is 19.0 Å². The van der Waals surface area contributed by atoms with Crippen molar-refractivity contribution in [3.8, 4) is 0 Å². The lowest BCUT2D eigenvalue weighted by Gasteiger charge is -2.38. The SMILES string of the molecule is CCCCCC[C@@H]1O[C@H](C)OC(OC(C)=O)[C@H]1C. The molecule has 0 N–H and O–H groups in total. The van der Waals surface area contributed by atoms with Gasteiger partial charge >= 0.3 is 5.97 Å². The molecule has 4 heteroatoms. The van der Waals surface area contributed by atoms with Gasteiger partial charge in [-0.05, 0) is 13.3 Å². The molecular formula is C14H26O4. The zero-order valence-corrected chi connectivity index (χ0v) is 12.0. The summed E-state index contributed by atoms with van der Waals surface area (Å²) >= 11 is 0. The third kappa shape index (κ3) is 4.94. The van der Waals surface area contributed by atoms with Gasteiger partial charge in [-0.2, -0.15) is 0 Å². The molecule has 106 valence electrons. The fourth-order valence-corrected chi connectivity index (χ4v) is 2.29. The van der Waals surface area contributed by atoms with Gasteiger partial charge in [0.25, 0.3) is 0 Å². The second kappa shape index (κ2) is 7.74. The van der Waals surface area contributed by atoms with Gasteiger partial charge in [-0.1, -0.05) is 39.5 Å². The second-order valence-electron chi connectivity index (χ2n) is 5.06. The van der Waals surface area contributed by atoms with E-state index >= 15 is 0 Å². The molecule has 1 aliphatic rings. The standard InChI is InChI=1S/C14H26O4/c1-5-6-7-8-9-13-10(2)14(16-11(3)15)18-12(4)17-13/h10,12-14H,5-9H2,1-4H3/t10-,12-,13-,14?/m0/s1. The van der Waals surface area contributed by atoms with Gasteiger partial charge in [0.1, 0.15) is 0 Å². The van der Waals surface area contributed by atoms with Crippen molar-refractivity contribution in [2.75, 3.05) is 0 Å². The first kappa shape index (κ1) is 15.4. The molecule has 0 radical (unpaired) electrons. The minimum atomic E-state index is -0.470. The first-order valence-electron chi connectivity index (χ1n) is 7.02. The van der Waals surface area contributed by atoms with Crippen LogP contribution in [0.1, 0.15) is 59.8 Å². The van der Waals surface area contributed by atoms with Crippen LogP contribution in [0.25, 0.3) is 0 Å². The molecular weight excluding hydrogens is 232 g/mol. The van der Waals surface area contributed by atoms with E-state index in [0.717, 1.165) is 12.8 Å². The monoisotopic (exact) mass is 258 g/mol. The molecule has 0 spiro atoms. The molecule has 18 heavy (non-hydrogen) atoms. The summed E-state index contributed by atoms with van der Waals surface area (Å²) < 4.78 is 16.5. The van der Waals surface area contributed by atoms with E-state index in [1.54, 1.807) is 0 Å². The smallest absolute Gasteiger partial charge is 0.304 e. The van der Waals surface area contributed by atoms with Crippen molar-refractivity contribution in [2.45, 2.75) is 78.5 Å². The number of carbonyl (C=O) groups excluding carboxylic acids is 1. The van der Waals surface area contributed by atoms with Gasteiger partial charge in [-0.3, -0.25) is 4.79 Å². The van der Waals surface area contributed by atoms with Gasteiger partial charge < -0.3 is 14.2 Å². The molecule has 1 saturated heterocycles. The van der Waals surface area contributed by atoms with Gasteiger partial charge in [-0.25, -0.2) is 0 Å². The third-order valence-electron chi connectivity index (χ3n) is 3.33. The van der Waals surface area contributed by atoms with E-state index in [1.807, 2.05) is 13.8 Å². The summed E-state index contributed by atoms with van der Waals surface area (Å²) in [6.07, 6.45) is 5.24. The number of carbonyl (C=O) groups is 1. The van der Waals surface area contributed by atoms with Crippen LogP contribution in [-0.2, 0) is 19.0 Å². The van der Waals surface area contributed by atoms with Gasteiger partial charge in [-0.15, -0.1) is 0 Å². The van der Waals surface area contributed by atoms with Crippen LogP contribution >= 0.6 is 0 Å². The lowest BCUT2D eigenvalue weighted by atomic mass is 9.97. The highest BCUT2D eigenvalue weighted by Gasteiger charge is 2.36. The molecule has 1 rings (SSSR count).